The maximum absolute atomic E-state index is 14.0. The molecule has 4 nitrogen and oxygen atoms in total. The second-order valence-electron chi connectivity index (χ2n) is 4.24. The fourth-order valence-electron chi connectivity index (χ4n) is 1.75. The summed E-state index contributed by atoms with van der Waals surface area (Å²) in [7, 11) is 0. The molecular formula is C14H12BrFN2O2. The van der Waals surface area contributed by atoms with Gasteiger partial charge in [-0.25, -0.2) is 14.2 Å². The molecule has 2 aromatic rings. The molecule has 0 aliphatic rings. The third kappa shape index (κ3) is 3.14. The zero-order chi connectivity index (χ0) is 14.7. The molecule has 6 heteroatoms. The Kier molecular flexibility index (Phi) is 4.34. The van der Waals surface area contributed by atoms with Crippen LogP contribution in [-0.4, -0.2) is 16.1 Å². The highest BCUT2D eigenvalue weighted by Crippen LogP contribution is 2.23. The van der Waals surface area contributed by atoms with E-state index in [1.54, 1.807) is 0 Å². The Bertz CT molecular complexity index is 632. The molecule has 2 rings (SSSR count). The summed E-state index contributed by atoms with van der Waals surface area (Å²) in [6, 6.07) is 8.47. The lowest BCUT2D eigenvalue weighted by Gasteiger charge is -2.16. The van der Waals surface area contributed by atoms with Gasteiger partial charge in [0.15, 0.2) is 11.6 Å². The van der Waals surface area contributed by atoms with Gasteiger partial charge in [-0.2, -0.15) is 0 Å². The van der Waals surface area contributed by atoms with Crippen LogP contribution in [0.3, 0.4) is 0 Å². The minimum atomic E-state index is -1.32. The second kappa shape index (κ2) is 6.00. The van der Waals surface area contributed by atoms with Crippen molar-refractivity contribution in [1.29, 1.82) is 0 Å². The molecule has 0 saturated heterocycles. The first-order valence-electron chi connectivity index (χ1n) is 5.89. The van der Waals surface area contributed by atoms with E-state index in [1.807, 2.05) is 31.2 Å². The molecule has 2 N–H and O–H groups in total. The lowest BCUT2D eigenvalue weighted by atomic mass is 10.1. The van der Waals surface area contributed by atoms with Crippen molar-refractivity contribution in [1.82, 2.24) is 4.98 Å². The summed E-state index contributed by atoms with van der Waals surface area (Å²) in [6.45, 7) is 1.85. The first kappa shape index (κ1) is 14.5. The Balaban J connectivity index is 2.23. The standard InChI is InChI=1S/C14H12BrFN2O2/c1-8(9-2-4-10(15)5-3-9)18-13-12(16)11(14(19)20)6-7-17-13/h2-8H,1H3,(H,17,18)(H,19,20). The third-order valence-electron chi connectivity index (χ3n) is 2.84. The number of halogens is 2. The van der Waals surface area contributed by atoms with Gasteiger partial charge in [-0.05, 0) is 30.7 Å². The number of aromatic nitrogens is 1. The third-order valence-corrected chi connectivity index (χ3v) is 3.37. The van der Waals surface area contributed by atoms with Crippen molar-refractivity contribution in [2.24, 2.45) is 0 Å². The van der Waals surface area contributed by atoms with Gasteiger partial charge < -0.3 is 10.4 Å². The molecule has 0 spiro atoms. The van der Waals surface area contributed by atoms with E-state index in [2.05, 4.69) is 26.2 Å². The highest BCUT2D eigenvalue weighted by atomic mass is 79.9. The van der Waals surface area contributed by atoms with Crippen LogP contribution in [0.15, 0.2) is 41.0 Å². The van der Waals surface area contributed by atoms with Gasteiger partial charge in [0, 0.05) is 10.7 Å². The van der Waals surface area contributed by atoms with Gasteiger partial charge in [0.2, 0.25) is 0 Å². The number of carbonyl (C=O) groups is 1. The first-order valence-corrected chi connectivity index (χ1v) is 6.68. The summed E-state index contributed by atoms with van der Waals surface area (Å²) < 4.78 is 14.9. The normalized spacial score (nSPS) is 11.9. The van der Waals surface area contributed by atoms with Crippen LogP contribution in [0, 0.1) is 5.82 Å². The SMILES string of the molecule is CC(Nc1nccc(C(=O)O)c1F)c1ccc(Br)cc1. The van der Waals surface area contributed by atoms with Crippen molar-refractivity contribution < 1.29 is 14.3 Å². The molecule has 20 heavy (non-hydrogen) atoms. The second-order valence-corrected chi connectivity index (χ2v) is 5.16. The van der Waals surface area contributed by atoms with Crippen molar-refractivity contribution >= 4 is 27.7 Å². The molecular weight excluding hydrogens is 327 g/mol. The Morgan fingerprint density at radius 3 is 2.60 bits per heavy atom. The fraction of sp³-hybridized carbons (Fsp3) is 0.143. The molecule has 1 aromatic heterocycles. The quantitative estimate of drug-likeness (QED) is 0.888. The Hall–Kier alpha value is -1.95. The smallest absolute Gasteiger partial charge is 0.338 e. The molecule has 0 aliphatic carbocycles. The summed E-state index contributed by atoms with van der Waals surface area (Å²) in [5, 5.41) is 11.7. The summed E-state index contributed by atoms with van der Waals surface area (Å²) in [6.07, 6.45) is 1.27. The van der Waals surface area contributed by atoms with Crippen molar-refractivity contribution in [3.8, 4) is 0 Å². The zero-order valence-corrected chi connectivity index (χ0v) is 12.2. The number of aromatic carboxylic acids is 1. The zero-order valence-electron chi connectivity index (χ0n) is 10.6. The first-order chi connectivity index (χ1) is 9.49. The molecule has 0 fully saturated rings. The summed E-state index contributed by atoms with van der Waals surface area (Å²) in [5.41, 5.74) is 0.542. The molecule has 1 aromatic carbocycles. The van der Waals surface area contributed by atoms with E-state index >= 15 is 0 Å². The highest BCUT2D eigenvalue weighted by molar-refractivity contribution is 9.10. The minimum absolute atomic E-state index is 0.0691. The van der Waals surface area contributed by atoms with Crippen molar-refractivity contribution in [3.63, 3.8) is 0 Å². The van der Waals surface area contributed by atoms with Gasteiger partial charge >= 0.3 is 5.97 Å². The number of hydrogen-bond acceptors (Lipinski definition) is 3. The molecule has 0 radical (unpaired) electrons. The maximum Gasteiger partial charge on any atom is 0.338 e. The topological polar surface area (TPSA) is 62.2 Å². The molecule has 1 atom stereocenters. The van der Waals surface area contributed by atoms with Gasteiger partial charge in [0.25, 0.3) is 0 Å². The largest absolute Gasteiger partial charge is 0.478 e. The van der Waals surface area contributed by atoms with Crippen molar-refractivity contribution in [2.75, 3.05) is 5.32 Å². The monoisotopic (exact) mass is 338 g/mol. The lowest BCUT2D eigenvalue weighted by Crippen LogP contribution is -2.12. The number of anilines is 1. The summed E-state index contributed by atoms with van der Waals surface area (Å²) in [5.74, 6) is -2.24. The van der Waals surface area contributed by atoms with Crippen LogP contribution < -0.4 is 5.32 Å². The van der Waals surface area contributed by atoms with E-state index in [0.29, 0.717) is 0 Å². The fourth-order valence-corrected chi connectivity index (χ4v) is 2.01. The molecule has 0 aliphatic heterocycles. The van der Waals surface area contributed by atoms with E-state index in [-0.39, 0.29) is 11.9 Å². The molecule has 1 heterocycles. The van der Waals surface area contributed by atoms with Gasteiger partial charge in [-0.15, -0.1) is 0 Å². The predicted molar refractivity (Wildman–Crippen MR) is 77.3 cm³/mol. The van der Waals surface area contributed by atoms with E-state index in [1.165, 1.54) is 6.20 Å². The van der Waals surface area contributed by atoms with Crippen LogP contribution >= 0.6 is 15.9 Å². The van der Waals surface area contributed by atoms with Crippen LogP contribution in [0.25, 0.3) is 0 Å². The highest BCUT2D eigenvalue weighted by Gasteiger charge is 2.16. The van der Waals surface area contributed by atoms with Gasteiger partial charge in [-0.3, -0.25) is 0 Å². The minimum Gasteiger partial charge on any atom is -0.478 e. The van der Waals surface area contributed by atoms with Gasteiger partial charge in [0.05, 0.1) is 6.04 Å². The average Bonchev–Trinajstić information content (AvgIpc) is 2.41. The Labute approximate surface area is 123 Å². The molecule has 1 unspecified atom stereocenters. The molecule has 0 saturated carbocycles. The van der Waals surface area contributed by atoms with Crippen molar-refractivity contribution in [2.45, 2.75) is 13.0 Å². The van der Waals surface area contributed by atoms with E-state index in [9.17, 15) is 9.18 Å². The van der Waals surface area contributed by atoms with E-state index in [0.717, 1.165) is 16.1 Å². The van der Waals surface area contributed by atoms with E-state index < -0.39 is 17.3 Å². The number of pyridine rings is 1. The Morgan fingerprint density at radius 1 is 1.35 bits per heavy atom. The molecule has 0 amide bonds. The lowest BCUT2D eigenvalue weighted by molar-refractivity contribution is 0.0692. The van der Waals surface area contributed by atoms with Crippen LogP contribution in [-0.2, 0) is 0 Å². The Morgan fingerprint density at radius 2 is 2.00 bits per heavy atom. The van der Waals surface area contributed by atoms with Crippen LogP contribution in [0.4, 0.5) is 10.2 Å². The van der Waals surface area contributed by atoms with Gasteiger partial charge in [0.1, 0.15) is 5.56 Å². The number of carboxylic acids is 1. The van der Waals surface area contributed by atoms with Crippen LogP contribution in [0.5, 0.6) is 0 Å². The van der Waals surface area contributed by atoms with Crippen molar-refractivity contribution in [3.05, 3.63) is 57.9 Å². The molecule has 104 valence electrons. The molecule has 0 bridgehead atoms. The number of rotatable bonds is 4. The van der Waals surface area contributed by atoms with Crippen LogP contribution in [0.2, 0.25) is 0 Å². The van der Waals surface area contributed by atoms with Crippen LogP contribution in [0.1, 0.15) is 28.9 Å². The predicted octanol–water partition coefficient (Wildman–Crippen LogP) is 3.85. The number of benzene rings is 1. The summed E-state index contributed by atoms with van der Waals surface area (Å²) in [4.78, 5) is 14.7. The number of nitrogens with one attached hydrogen (secondary N) is 1. The number of hydrogen-bond donors (Lipinski definition) is 2. The number of nitrogens with zero attached hydrogens (tertiary/aromatic N) is 1. The average molecular weight is 339 g/mol. The van der Waals surface area contributed by atoms with E-state index in [4.69, 9.17) is 5.11 Å². The number of carboxylic acid groups (broad SMARTS) is 1. The maximum atomic E-state index is 14.0. The summed E-state index contributed by atoms with van der Waals surface area (Å²) >= 11 is 3.34. The van der Waals surface area contributed by atoms with Gasteiger partial charge in [-0.1, -0.05) is 28.1 Å².